The van der Waals surface area contributed by atoms with Crippen LogP contribution in [-0.4, -0.2) is 27.2 Å². The Morgan fingerprint density at radius 3 is 2.72 bits per heavy atom. The van der Waals surface area contributed by atoms with Crippen molar-refractivity contribution in [3.63, 3.8) is 0 Å². The van der Waals surface area contributed by atoms with E-state index in [-0.39, 0.29) is 11.6 Å². The summed E-state index contributed by atoms with van der Waals surface area (Å²) in [5.41, 5.74) is 0.916. The molecule has 0 aliphatic heterocycles. The number of aldehydes is 1. The summed E-state index contributed by atoms with van der Waals surface area (Å²) in [4.78, 5) is 22.4. The Morgan fingerprint density at radius 2 is 2.11 bits per heavy atom. The van der Waals surface area contributed by atoms with Crippen molar-refractivity contribution in [2.24, 2.45) is 0 Å². The summed E-state index contributed by atoms with van der Waals surface area (Å²) in [6.45, 7) is 1.68. The smallest absolute Gasteiger partial charge is 0.249 e. The van der Waals surface area contributed by atoms with Crippen molar-refractivity contribution in [3.05, 3.63) is 42.2 Å². The molecule has 6 nitrogen and oxygen atoms in total. The van der Waals surface area contributed by atoms with E-state index in [2.05, 4.69) is 15.6 Å². The third-order valence-corrected chi connectivity index (χ3v) is 2.47. The fraction of sp³-hybridized carbons (Fsp3) is 0.167. The standard InChI is InChI=1S/C12H12N4O2/c1-9(16-7-11(8-17)14-15-16)12(18)13-10-5-3-2-4-6-10/h2-9H,1H3,(H,13,18). The number of nitrogens with one attached hydrogen (secondary N) is 1. The second-order valence-electron chi connectivity index (χ2n) is 3.77. The first-order valence-corrected chi connectivity index (χ1v) is 5.43. The SMILES string of the molecule is CC(C(=O)Nc1ccccc1)n1cc(C=O)nn1. The predicted molar refractivity (Wildman–Crippen MR) is 65.2 cm³/mol. The molecule has 0 radical (unpaired) electrons. The Kier molecular flexibility index (Phi) is 3.47. The molecule has 0 fully saturated rings. The summed E-state index contributed by atoms with van der Waals surface area (Å²) in [7, 11) is 0. The van der Waals surface area contributed by atoms with E-state index in [9.17, 15) is 9.59 Å². The van der Waals surface area contributed by atoms with Gasteiger partial charge in [0.2, 0.25) is 5.91 Å². The molecule has 0 bridgehead atoms. The zero-order valence-corrected chi connectivity index (χ0v) is 9.78. The number of nitrogens with zero attached hydrogens (tertiary/aromatic N) is 3. The first kappa shape index (κ1) is 12.0. The number of para-hydroxylation sites is 1. The highest BCUT2D eigenvalue weighted by atomic mass is 16.2. The molecule has 92 valence electrons. The molecule has 0 saturated carbocycles. The van der Waals surface area contributed by atoms with E-state index in [0.717, 1.165) is 0 Å². The molecule has 1 heterocycles. The number of carbonyl (C=O) groups excluding carboxylic acids is 2. The van der Waals surface area contributed by atoms with Crippen molar-refractivity contribution < 1.29 is 9.59 Å². The fourth-order valence-corrected chi connectivity index (χ4v) is 1.42. The van der Waals surface area contributed by atoms with E-state index < -0.39 is 6.04 Å². The number of hydrogen-bond acceptors (Lipinski definition) is 4. The third-order valence-electron chi connectivity index (χ3n) is 2.47. The van der Waals surface area contributed by atoms with E-state index in [4.69, 9.17) is 0 Å². The number of rotatable bonds is 4. The fourth-order valence-electron chi connectivity index (χ4n) is 1.42. The summed E-state index contributed by atoms with van der Waals surface area (Å²) in [5.74, 6) is -0.219. The van der Waals surface area contributed by atoms with Gasteiger partial charge in [0, 0.05) is 5.69 Å². The molecule has 2 rings (SSSR count). The van der Waals surface area contributed by atoms with Crippen LogP contribution < -0.4 is 5.32 Å². The van der Waals surface area contributed by atoms with Gasteiger partial charge in [0.05, 0.1) is 6.20 Å². The second kappa shape index (κ2) is 5.22. The highest BCUT2D eigenvalue weighted by Crippen LogP contribution is 2.10. The first-order valence-electron chi connectivity index (χ1n) is 5.43. The van der Waals surface area contributed by atoms with Crippen LogP contribution >= 0.6 is 0 Å². The molecule has 18 heavy (non-hydrogen) atoms. The number of amides is 1. The van der Waals surface area contributed by atoms with Crippen molar-refractivity contribution in [2.75, 3.05) is 5.32 Å². The van der Waals surface area contributed by atoms with Gasteiger partial charge in [-0.1, -0.05) is 23.4 Å². The van der Waals surface area contributed by atoms with Crippen molar-refractivity contribution in [2.45, 2.75) is 13.0 Å². The molecule has 0 aliphatic carbocycles. The molecule has 1 N–H and O–H groups in total. The Bertz CT molecular complexity index is 550. The van der Waals surface area contributed by atoms with E-state index in [1.165, 1.54) is 10.9 Å². The molecule has 1 aromatic heterocycles. The number of anilines is 1. The van der Waals surface area contributed by atoms with E-state index in [0.29, 0.717) is 12.0 Å². The summed E-state index contributed by atoms with van der Waals surface area (Å²) in [6, 6.07) is 8.59. The molecule has 0 saturated heterocycles. The normalized spacial score (nSPS) is 11.8. The van der Waals surface area contributed by atoms with Gasteiger partial charge in [0.1, 0.15) is 11.7 Å². The predicted octanol–water partition coefficient (Wildman–Crippen LogP) is 1.29. The van der Waals surface area contributed by atoms with Crippen molar-refractivity contribution >= 4 is 17.9 Å². The summed E-state index contributed by atoms with van der Waals surface area (Å²) in [5, 5.41) is 10.1. The maximum absolute atomic E-state index is 11.9. The maximum atomic E-state index is 11.9. The summed E-state index contributed by atoms with van der Waals surface area (Å²) in [6.07, 6.45) is 2.02. The van der Waals surface area contributed by atoms with Crippen LogP contribution in [0, 0.1) is 0 Å². The molecule has 6 heteroatoms. The van der Waals surface area contributed by atoms with Crippen LogP contribution in [0.2, 0.25) is 0 Å². The van der Waals surface area contributed by atoms with Crippen molar-refractivity contribution in [1.29, 1.82) is 0 Å². The van der Waals surface area contributed by atoms with Gasteiger partial charge in [-0.2, -0.15) is 0 Å². The topological polar surface area (TPSA) is 76.9 Å². The lowest BCUT2D eigenvalue weighted by Gasteiger charge is -2.11. The lowest BCUT2D eigenvalue weighted by molar-refractivity contribution is -0.119. The number of aromatic nitrogens is 3. The molecule has 1 amide bonds. The zero-order valence-electron chi connectivity index (χ0n) is 9.78. The van der Waals surface area contributed by atoms with E-state index >= 15 is 0 Å². The molecular formula is C12H12N4O2. The molecule has 0 spiro atoms. The summed E-state index contributed by atoms with van der Waals surface area (Å²) < 4.78 is 1.35. The van der Waals surface area contributed by atoms with Gasteiger partial charge in [-0.25, -0.2) is 4.68 Å². The minimum Gasteiger partial charge on any atom is -0.324 e. The molecular weight excluding hydrogens is 232 g/mol. The minimum absolute atomic E-state index is 0.203. The summed E-state index contributed by atoms with van der Waals surface area (Å²) >= 11 is 0. The Labute approximate surface area is 104 Å². The number of benzene rings is 1. The van der Waals surface area contributed by atoms with Gasteiger partial charge in [0.25, 0.3) is 0 Å². The molecule has 1 unspecified atom stereocenters. The highest BCUT2D eigenvalue weighted by molar-refractivity contribution is 5.93. The van der Waals surface area contributed by atoms with Crippen molar-refractivity contribution in [1.82, 2.24) is 15.0 Å². The zero-order chi connectivity index (χ0) is 13.0. The quantitative estimate of drug-likeness (QED) is 0.822. The van der Waals surface area contributed by atoms with Crippen LogP contribution in [0.3, 0.4) is 0 Å². The van der Waals surface area contributed by atoms with Gasteiger partial charge in [-0.15, -0.1) is 5.10 Å². The third kappa shape index (κ3) is 2.60. The first-order chi connectivity index (χ1) is 8.70. The average Bonchev–Trinajstić information content (AvgIpc) is 2.87. The highest BCUT2D eigenvalue weighted by Gasteiger charge is 2.16. The Morgan fingerprint density at radius 1 is 1.39 bits per heavy atom. The molecule has 0 aliphatic rings. The lowest BCUT2D eigenvalue weighted by Crippen LogP contribution is -2.24. The van der Waals surface area contributed by atoms with Gasteiger partial charge >= 0.3 is 0 Å². The van der Waals surface area contributed by atoms with Crippen LogP contribution in [-0.2, 0) is 4.79 Å². The van der Waals surface area contributed by atoms with Crippen LogP contribution in [0.4, 0.5) is 5.69 Å². The van der Waals surface area contributed by atoms with Crippen molar-refractivity contribution in [3.8, 4) is 0 Å². The largest absolute Gasteiger partial charge is 0.324 e. The van der Waals surface area contributed by atoms with E-state index in [1.54, 1.807) is 19.1 Å². The van der Waals surface area contributed by atoms with Gasteiger partial charge in [-0.3, -0.25) is 9.59 Å². The minimum atomic E-state index is -0.536. The monoisotopic (exact) mass is 244 g/mol. The second-order valence-corrected chi connectivity index (χ2v) is 3.77. The van der Waals surface area contributed by atoms with Crippen LogP contribution in [0.15, 0.2) is 36.5 Å². The lowest BCUT2D eigenvalue weighted by atomic mass is 10.2. The van der Waals surface area contributed by atoms with E-state index in [1.807, 2.05) is 18.2 Å². The Hall–Kier alpha value is -2.50. The molecule has 1 atom stereocenters. The van der Waals surface area contributed by atoms with Crippen LogP contribution in [0.25, 0.3) is 0 Å². The number of hydrogen-bond donors (Lipinski definition) is 1. The van der Waals surface area contributed by atoms with Crippen LogP contribution in [0.5, 0.6) is 0 Å². The maximum Gasteiger partial charge on any atom is 0.249 e. The molecule has 1 aromatic carbocycles. The Balaban J connectivity index is 2.07. The van der Waals surface area contributed by atoms with Gasteiger partial charge < -0.3 is 5.32 Å². The number of carbonyl (C=O) groups is 2. The van der Waals surface area contributed by atoms with Crippen LogP contribution in [0.1, 0.15) is 23.5 Å². The van der Waals surface area contributed by atoms with Gasteiger partial charge in [-0.05, 0) is 19.1 Å². The molecule has 2 aromatic rings. The average molecular weight is 244 g/mol. The van der Waals surface area contributed by atoms with Gasteiger partial charge in [0.15, 0.2) is 6.29 Å².